The molecule has 2 atom stereocenters. The normalized spacial score (nSPS) is 21.7. The van der Waals surface area contributed by atoms with Crippen molar-refractivity contribution < 1.29 is 17.6 Å². The third-order valence-corrected chi connectivity index (χ3v) is 8.72. The van der Waals surface area contributed by atoms with Gasteiger partial charge in [-0.1, -0.05) is 45.4 Å². The third kappa shape index (κ3) is 4.76. The van der Waals surface area contributed by atoms with Crippen molar-refractivity contribution in [3.63, 3.8) is 0 Å². The van der Waals surface area contributed by atoms with Gasteiger partial charge in [0.25, 0.3) is 0 Å². The number of fused-ring (bicyclic) bond motifs is 1. The van der Waals surface area contributed by atoms with Gasteiger partial charge in [-0.2, -0.15) is 0 Å². The maximum absolute atomic E-state index is 14.7. The van der Waals surface area contributed by atoms with Gasteiger partial charge in [0.15, 0.2) is 15.0 Å². The molecule has 2 aliphatic rings. The molecule has 1 fully saturated rings. The SMILES string of the molecule is Cc1c(Cl)cccc1NC(=O)CSC1=N[C@@H]2CS(=O)(=O)C[C@@H]2N1c1ccc(Br)cc1F. The molecule has 1 saturated heterocycles. The number of hydrogen-bond donors (Lipinski definition) is 1. The Bertz CT molecular complexity index is 1190. The minimum atomic E-state index is -3.25. The van der Waals surface area contributed by atoms with E-state index in [1.165, 1.54) is 6.07 Å². The van der Waals surface area contributed by atoms with Crippen molar-refractivity contribution in [1.82, 2.24) is 0 Å². The van der Waals surface area contributed by atoms with E-state index in [-0.39, 0.29) is 28.9 Å². The number of thioether (sulfide) groups is 1. The number of halogens is 3. The van der Waals surface area contributed by atoms with E-state index in [2.05, 4.69) is 26.2 Å². The Morgan fingerprint density at radius 1 is 1.35 bits per heavy atom. The minimum Gasteiger partial charge on any atom is -0.325 e. The number of sulfone groups is 1. The van der Waals surface area contributed by atoms with E-state index in [1.807, 2.05) is 6.92 Å². The number of nitrogens with zero attached hydrogens (tertiary/aromatic N) is 2. The predicted molar refractivity (Wildman–Crippen MR) is 128 cm³/mol. The molecule has 0 aliphatic carbocycles. The molecule has 2 heterocycles. The fourth-order valence-corrected chi connectivity index (χ4v) is 6.92. The number of hydrogen-bond acceptors (Lipinski definition) is 6. The van der Waals surface area contributed by atoms with Gasteiger partial charge in [0.2, 0.25) is 5.91 Å². The van der Waals surface area contributed by atoms with Crippen LogP contribution in [-0.2, 0) is 14.6 Å². The van der Waals surface area contributed by atoms with Gasteiger partial charge in [0.1, 0.15) is 5.82 Å². The van der Waals surface area contributed by atoms with Gasteiger partial charge in [-0.15, -0.1) is 0 Å². The second-order valence-electron chi connectivity index (χ2n) is 7.34. The highest BCUT2D eigenvalue weighted by molar-refractivity contribution is 9.10. The number of benzene rings is 2. The molecule has 0 bridgehead atoms. The summed E-state index contributed by atoms with van der Waals surface area (Å²) in [6.07, 6.45) is 0. The third-order valence-electron chi connectivity index (χ3n) is 5.15. The van der Waals surface area contributed by atoms with Crippen LogP contribution in [0.25, 0.3) is 0 Å². The number of anilines is 2. The maximum Gasteiger partial charge on any atom is 0.234 e. The maximum atomic E-state index is 14.7. The first kappa shape index (κ1) is 22.6. The Morgan fingerprint density at radius 2 is 2.13 bits per heavy atom. The van der Waals surface area contributed by atoms with Gasteiger partial charge in [-0.3, -0.25) is 9.79 Å². The average Bonchev–Trinajstić information content (AvgIpc) is 3.15. The molecule has 6 nitrogen and oxygen atoms in total. The fraction of sp³-hybridized carbons (Fsp3) is 0.300. The smallest absolute Gasteiger partial charge is 0.234 e. The molecule has 1 amide bonds. The number of amides is 1. The number of carbonyl (C=O) groups is 1. The van der Waals surface area contributed by atoms with E-state index >= 15 is 0 Å². The molecule has 2 aromatic rings. The number of carbonyl (C=O) groups excluding carboxylic acids is 1. The summed E-state index contributed by atoms with van der Waals surface area (Å²) in [5.41, 5.74) is 1.62. The highest BCUT2D eigenvalue weighted by atomic mass is 79.9. The molecular formula is C20H18BrClFN3O3S2. The standard InChI is InChI=1S/C20H18BrClFN3O3S2/c1-11-13(22)3-2-4-15(11)24-19(27)8-30-20-25-16-9-31(28,29)10-18(16)26(20)17-6-5-12(21)7-14(17)23/h2-7,16,18H,8-10H2,1H3,(H,24,27)/t16-,18+/m1/s1. The minimum absolute atomic E-state index is 0.0334. The van der Waals surface area contributed by atoms with E-state index < -0.39 is 27.7 Å². The molecule has 11 heteroatoms. The van der Waals surface area contributed by atoms with Crippen molar-refractivity contribution in [2.24, 2.45) is 4.99 Å². The van der Waals surface area contributed by atoms with Gasteiger partial charge in [-0.05, 0) is 42.8 Å². The Labute approximate surface area is 197 Å². The second-order valence-corrected chi connectivity index (χ2v) is 11.8. The van der Waals surface area contributed by atoms with Crippen LogP contribution in [0.3, 0.4) is 0 Å². The van der Waals surface area contributed by atoms with Crippen LogP contribution in [0, 0.1) is 12.7 Å². The van der Waals surface area contributed by atoms with Gasteiger partial charge in [-0.25, -0.2) is 12.8 Å². The molecule has 0 aromatic heterocycles. The Hall–Kier alpha value is -1.62. The van der Waals surface area contributed by atoms with Crippen LogP contribution in [0.4, 0.5) is 15.8 Å². The lowest BCUT2D eigenvalue weighted by atomic mass is 10.1. The van der Waals surface area contributed by atoms with Crippen LogP contribution in [0.2, 0.25) is 5.02 Å². The van der Waals surface area contributed by atoms with Crippen molar-refractivity contribution >= 4 is 71.6 Å². The molecular weight excluding hydrogens is 529 g/mol. The summed E-state index contributed by atoms with van der Waals surface area (Å²) in [6, 6.07) is 8.88. The molecule has 0 spiro atoms. The lowest BCUT2D eigenvalue weighted by Gasteiger charge is -2.26. The zero-order valence-corrected chi connectivity index (χ0v) is 20.3. The average molecular weight is 547 g/mol. The first-order valence-electron chi connectivity index (χ1n) is 9.35. The van der Waals surface area contributed by atoms with Crippen LogP contribution in [0.5, 0.6) is 0 Å². The Balaban J connectivity index is 1.54. The summed E-state index contributed by atoms with van der Waals surface area (Å²) in [4.78, 5) is 18.6. The van der Waals surface area contributed by atoms with Gasteiger partial charge in [0, 0.05) is 15.2 Å². The molecule has 0 saturated carbocycles. The van der Waals surface area contributed by atoms with E-state index in [4.69, 9.17) is 11.6 Å². The zero-order valence-electron chi connectivity index (χ0n) is 16.3. The van der Waals surface area contributed by atoms with E-state index in [1.54, 1.807) is 35.2 Å². The summed E-state index contributed by atoms with van der Waals surface area (Å²) in [6.45, 7) is 1.81. The van der Waals surface area contributed by atoms with Crippen molar-refractivity contribution in [2.75, 3.05) is 27.5 Å². The number of amidine groups is 1. The molecule has 2 aromatic carbocycles. The van der Waals surface area contributed by atoms with Crippen LogP contribution < -0.4 is 10.2 Å². The monoisotopic (exact) mass is 545 g/mol. The molecule has 4 rings (SSSR count). The second kappa shape index (κ2) is 8.73. The first-order valence-corrected chi connectivity index (χ1v) is 13.3. The van der Waals surface area contributed by atoms with E-state index in [9.17, 15) is 17.6 Å². The largest absolute Gasteiger partial charge is 0.325 e. The van der Waals surface area contributed by atoms with Gasteiger partial charge in [0.05, 0.1) is 35.0 Å². The highest BCUT2D eigenvalue weighted by Gasteiger charge is 2.47. The number of rotatable bonds is 4. The summed E-state index contributed by atoms with van der Waals surface area (Å²) in [7, 11) is -3.25. The molecule has 2 aliphatic heterocycles. The number of aliphatic imine (C=N–C) groups is 1. The fourth-order valence-electron chi connectivity index (χ4n) is 3.65. The van der Waals surface area contributed by atoms with Crippen molar-refractivity contribution in [3.8, 4) is 0 Å². The molecule has 0 radical (unpaired) electrons. The molecule has 0 unspecified atom stereocenters. The van der Waals surface area contributed by atoms with Crippen molar-refractivity contribution in [3.05, 3.63) is 57.3 Å². The summed E-state index contributed by atoms with van der Waals surface area (Å²) < 4.78 is 39.5. The quantitative estimate of drug-likeness (QED) is 0.620. The van der Waals surface area contributed by atoms with Crippen molar-refractivity contribution in [1.29, 1.82) is 0 Å². The predicted octanol–water partition coefficient (Wildman–Crippen LogP) is 4.26. The Kier molecular flexibility index (Phi) is 6.35. The first-order chi connectivity index (χ1) is 14.6. The summed E-state index contributed by atoms with van der Waals surface area (Å²) in [5.74, 6) is -0.907. The zero-order chi connectivity index (χ0) is 22.3. The van der Waals surface area contributed by atoms with Crippen LogP contribution >= 0.6 is 39.3 Å². The lowest BCUT2D eigenvalue weighted by Crippen LogP contribution is -2.40. The van der Waals surface area contributed by atoms with Crippen LogP contribution in [0.15, 0.2) is 45.9 Å². The van der Waals surface area contributed by atoms with E-state index in [0.29, 0.717) is 20.4 Å². The van der Waals surface area contributed by atoms with E-state index in [0.717, 1.165) is 17.3 Å². The summed E-state index contributed by atoms with van der Waals surface area (Å²) >= 11 is 10.5. The van der Waals surface area contributed by atoms with Crippen molar-refractivity contribution in [2.45, 2.75) is 19.0 Å². The van der Waals surface area contributed by atoms with Gasteiger partial charge < -0.3 is 10.2 Å². The Morgan fingerprint density at radius 3 is 2.87 bits per heavy atom. The highest BCUT2D eigenvalue weighted by Crippen LogP contribution is 2.37. The van der Waals surface area contributed by atoms with Crippen LogP contribution in [-0.4, -0.2) is 48.8 Å². The lowest BCUT2D eigenvalue weighted by molar-refractivity contribution is -0.113. The molecule has 164 valence electrons. The number of nitrogens with one attached hydrogen (secondary N) is 1. The van der Waals surface area contributed by atoms with Crippen LogP contribution in [0.1, 0.15) is 5.56 Å². The topological polar surface area (TPSA) is 78.8 Å². The molecule has 31 heavy (non-hydrogen) atoms. The summed E-state index contributed by atoms with van der Waals surface area (Å²) in [5, 5.41) is 3.80. The van der Waals surface area contributed by atoms with Gasteiger partial charge >= 0.3 is 0 Å². The molecule has 1 N–H and O–H groups in total.